The molecule has 0 aliphatic heterocycles. The van der Waals surface area contributed by atoms with Crippen molar-refractivity contribution in [1.29, 1.82) is 0 Å². The summed E-state index contributed by atoms with van der Waals surface area (Å²) >= 11 is 3.98. The monoisotopic (exact) mass is 210 g/mol. The van der Waals surface area contributed by atoms with Crippen LogP contribution in [0.4, 0.5) is 4.39 Å². The van der Waals surface area contributed by atoms with Gasteiger partial charge in [-0.2, -0.15) is 12.6 Å². The standard InChI is InChI=1S/C11H11FOS/c1-8(13)9-4-5-11(12)10(7-9)3-2-6-14/h2-5,7,14H,6H2,1H3. The Bertz CT molecular complexity index is 372. The third kappa shape index (κ3) is 2.70. The normalized spacial score (nSPS) is 10.8. The summed E-state index contributed by atoms with van der Waals surface area (Å²) in [5, 5.41) is 0. The van der Waals surface area contributed by atoms with E-state index in [2.05, 4.69) is 12.6 Å². The van der Waals surface area contributed by atoms with Crippen LogP contribution in [0.15, 0.2) is 24.3 Å². The Kier molecular flexibility index (Phi) is 3.89. The Morgan fingerprint density at radius 3 is 2.86 bits per heavy atom. The van der Waals surface area contributed by atoms with E-state index in [0.29, 0.717) is 16.9 Å². The Labute approximate surface area is 88.0 Å². The first kappa shape index (κ1) is 11.0. The minimum atomic E-state index is -0.326. The van der Waals surface area contributed by atoms with Crippen LogP contribution in [0.5, 0.6) is 0 Å². The summed E-state index contributed by atoms with van der Waals surface area (Å²) in [6, 6.07) is 4.32. The fourth-order valence-electron chi connectivity index (χ4n) is 1.07. The van der Waals surface area contributed by atoms with Crippen LogP contribution in [-0.4, -0.2) is 11.5 Å². The largest absolute Gasteiger partial charge is 0.295 e. The molecule has 0 bridgehead atoms. The summed E-state index contributed by atoms with van der Waals surface area (Å²) < 4.78 is 13.2. The van der Waals surface area contributed by atoms with Gasteiger partial charge >= 0.3 is 0 Å². The van der Waals surface area contributed by atoms with Gasteiger partial charge in [0.25, 0.3) is 0 Å². The van der Waals surface area contributed by atoms with Crippen molar-refractivity contribution < 1.29 is 9.18 Å². The molecule has 0 unspecified atom stereocenters. The number of Topliss-reactive ketones (excluding diaryl/α,β-unsaturated/α-hetero) is 1. The SMILES string of the molecule is CC(=O)c1ccc(F)c(C=CCS)c1. The third-order valence-electron chi connectivity index (χ3n) is 1.81. The Balaban J connectivity index is 3.08. The molecule has 0 amide bonds. The average molecular weight is 210 g/mol. The van der Waals surface area contributed by atoms with E-state index in [1.807, 2.05) is 0 Å². The highest BCUT2D eigenvalue weighted by molar-refractivity contribution is 7.80. The second kappa shape index (κ2) is 4.96. The first-order chi connectivity index (χ1) is 6.65. The lowest BCUT2D eigenvalue weighted by atomic mass is 10.1. The maximum Gasteiger partial charge on any atom is 0.159 e. The van der Waals surface area contributed by atoms with Gasteiger partial charge < -0.3 is 0 Å². The van der Waals surface area contributed by atoms with E-state index in [4.69, 9.17) is 0 Å². The molecule has 0 fully saturated rings. The topological polar surface area (TPSA) is 17.1 Å². The fourth-order valence-corrected chi connectivity index (χ4v) is 1.18. The van der Waals surface area contributed by atoms with E-state index < -0.39 is 0 Å². The van der Waals surface area contributed by atoms with Crippen molar-refractivity contribution in [2.45, 2.75) is 6.92 Å². The van der Waals surface area contributed by atoms with Gasteiger partial charge in [-0.3, -0.25) is 4.79 Å². The van der Waals surface area contributed by atoms with Crippen molar-refractivity contribution in [2.75, 3.05) is 5.75 Å². The minimum Gasteiger partial charge on any atom is -0.295 e. The van der Waals surface area contributed by atoms with Crippen molar-refractivity contribution >= 4 is 24.5 Å². The first-order valence-electron chi connectivity index (χ1n) is 4.23. The number of hydrogen-bond donors (Lipinski definition) is 1. The zero-order chi connectivity index (χ0) is 10.6. The molecule has 14 heavy (non-hydrogen) atoms. The lowest BCUT2D eigenvalue weighted by molar-refractivity contribution is 0.101. The van der Waals surface area contributed by atoms with Crippen LogP contribution < -0.4 is 0 Å². The molecule has 1 aromatic rings. The molecule has 1 aromatic carbocycles. The molecule has 0 radical (unpaired) electrons. The van der Waals surface area contributed by atoms with Crippen molar-refractivity contribution in [1.82, 2.24) is 0 Å². The number of thiol groups is 1. The van der Waals surface area contributed by atoms with Crippen molar-refractivity contribution in [2.24, 2.45) is 0 Å². The summed E-state index contributed by atoms with van der Waals surface area (Å²) in [6.45, 7) is 1.46. The summed E-state index contributed by atoms with van der Waals surface area (Å²) in [5.74, 6) is 0.155. The van der Waals surface area contributed by atoms with Crippen LogP contribution in [0, 0.1) is 5.82 Å². The van der Waals surface area contributed by atoms with Crippen molar-refractivity contribution in [3.63, 3.8) is 0 Å². The number of hydrogen-bond acceptors (Lipinski definition) is 2. The molecular weight excluding hydrogens is 199 g/mol. The summed E-state index contributed by atoms with van der Waals surface area (Å²) in [4.78, 5) is 11.0. The zero-order valence-corrected chi connectivity index (χ0v) is 8.72. The van der Waals surface area contributed by atoms with Gasteiger partial charge in [0.15, 0.2) is 5.78 Å². The number of carbonyl (C=O) groups excluding carboxylic acids is 1. The average Bonchev–Trinajstić information content (AvgIpc) is 2.16. The molecule has 0 spiro atoms. The minimum absolute atomic E-state index is 0.0643. The molecule has 0 saturated heterocycles. The van der Waals surface area contributed by atoms with Gasteiger partial charge in [0, 0.05) is 16.9 Å². The van der Waals surface area contributed by atoms with Crippen LogP contribution in [-0.2, 0) is 0 Å². The predicted octanol–water partition coefficient (Wildman–Crippen LogP) is 2.97. The molecule has 0 saturated carbocycles. The first-order valence-corrected chi connectivity index (χ1v) is 4.86. The summed E-state index contributed by atoms with van der Waals surface area (Å²) in [7, 11) is 0. The van der Waals surface area contributed by atoms with Gasteiger partial charge in [-0.05, 0) is 25.1 Å². The molecular formula is C11H11FOS. The van der Waals surface area contributed by atoms with E-state index in [-0.39, 0.29) is 11.6 Å². The third-order valence-corrected chi connectivity index (χ3v) is 2.02. The smallest absolute Gasteiger partial charge is 0.159 e. The highest BCUT2D eigenvalue weighted by Gasteiger charge is 2.03. The summed E-state index contributed by atoms with van der Waals surface area (Å²) in [5.41, 5.74) is 0.942. The van der Waals surface area contributed by atoms with Crippen LogP contribution in [0.1, 0.15) is 22.8 Å². The van der Waals surface area contributed by atoms with Crippen molar-refractivity contribution in [3.8, 4) is 0 Å². The quantitative estimate of drug-likeness (QED) is 0.599. The molecule has 0 aliphatic carbocycles. The maximum atomic E-state index is 13.2. The molecule has 3 heteroatoms. The van der Waals surface area contributed by atoms with Crippen LogP contribution >= 0.6 is 12.6 Å². The molecule has 1 rings (SSSR count). The van der Waals surface area contributed by atoms with Gasteiger partial charge in [0.2, 0.25) is 0 Å². The molecule has 0 N–H and O–H groups in total. The molecule has 0 aliphatic rings. The van der Waals surface area contributed by atoms with Gasteiger partial charge in [-0.15, -0.1) is 0 Å². The van der Waals surface area contributed by atoms with Crippen LogP contribution in [0.3, 0.4) is 0 Å². The summed E-state index contributed by atoms with van der Waals surface area (Å²) in [6.07, 6.45) is 3.35. The van der Waals surface area contributed by atoms with Gasteiger partial charge in [0.05, 0.1) is 0 Å². The van der Waals surface area contributed by atoms with Gasteiger partial charge in [-0.1, -0.05) is 12.2 Å². The van der Waals surface area contributed by atoms with E-state index in [1.165, 1.54) is 25.1 Å². The lowest BCUT2D eigenvalue weighted by Crippen LogP contribution is -1.94. The van der Waals surface area contributed by atoms with E-state index in [1.54, 1.807) is 12.2 Å². The number of carbonyl (C=O) groups is 1. The highest BCUT2D eigenvalue weighted by Crippen LogP contribution is 2.12. The van der Waals surface area contributed by atoms with E-state index in [9.17, 15) is 9.18 Å². The molecule has 0 atom stereocenters. The Hall–Kier alpha value is -1.09. The van der Waals surface area contributed by atoms with Crippen molar-refractivity contribution in [3.05, 3.63) is 41.2 Å². The van der Waals surface area contributed by atoms with Gasteiger partial charge in [-0.25, -0.2) is 4.39 Å². The molecule has 1 nitrogen and oxygen atoms in total. The van der Waals surface area contributed by atoms with E-state index in [0.717, 1.165) is 0 Å². The number of halogens is 1. The number of rotatable bonds is 3. The Morgan fingerprint density at radius 1 is 1.57 bits per heavy atom. The Morgan fingerprint density at radius 2 is 2.29 bits per heavy atom. The molecule has 0 aromatic heterocycles. The number of benzene rings is 1. The second-order valence-electron chi connectivity index (χ2n) is 2.88. The lowest BCUT2D eigenvalue weighted by Gasteiger charge is -1.99. The zero-order valence-electron chi connectivity index (χ0n) is 7.83. The molecule has 74 valence electrons. The second-order valence-corrected chi connectivity index (χ2v) is 3.24. The fraction of sp³-hybridized carbons (Fsp3) is 0.182. The van der Waals surface area contributed by atoms with Crippen LogP contribution in [0.25, 0.3) is 6.08 Å². The maximum absolute atomic E-state index is 13.2. The highest BCUT2D eigenvalue weighted by atomic mass is 32.1. The number of ketones is 1. The molecule has 0 heterocycles. The van der Waals surface area contributed by atoms with Crippen LogP contribution in [0.2, 0.25) is 0 Å². The predicted molar refractivity (Wildman–Crippen MR) is 59.3 cm³/mol. The van der Waals surface area contributed by atoms with Gasteiger partial charge in [0.1, 0.15) is 5.82 Å². The van der Waals surface area contributed by atoms with E-state index >= 15 is 0 Å².